The number of carbonyl (C=O) groups excluding carboxylic acids is 1. The minimum absolute atomic E-state index is 0.00392. The van der Waals surface area contributed by atoms with Crippen LogP contribution in [-0.2, 0) is 0 Å². The first-order chi connectivity index (χ1) is 13.5. The van der Waals surface area contributed by atoms with Crippen LogP contribution < -0.4 is 20.1 Å². The van der Waals surface area contributed by atoms with Gasteiger partial charge in [-0.25, -0.2) is 9.97 Å². The second-order valence-corrected chi connectivity index (χ2v) is 6.24. The lowest BCUT2D eigenvalue weighted by Crippen LogP contribution is -2.16. The average molecular weight is 378 g/mol. The van der Waals surface area contributed by atoms with Crippen molar-refractivity contribution in [2.75, 3.05) is 17.7 Å². The highest BCUT2D eigenvalue weighted by Gasteiger charge is 2.13. The number of rotatable bonds is 7. The maximum absolute atomic E-state index is 12.7. The van der Waals surface area contributed by atoms with Crippen LogP contribution in [0.2, 0.25) is 0 Å². The molecule has 0 saturated heterocycles. The van der Waals surface area contributed by atoms with E-state index in [1.165, 1.54) is 6.20 Å². The predicted octanol–water partition coefficient (Wildman–Crippen LogP) is 4.27. The Kier molecular flexibility index (Phi) is 6.06. The summed E-state index contributed by atoms with van der Waals surface area (Å²) in [7, 11) is 1.60. The summed E-state index contributed by atoms with van der Waals surface area (Å²) >= 11 is 0. The van der Waals surface area contributed by atoms with E-state index in [-0.39, 0.29) is 17.7 Å². The van der Waals surface area contributed by atoms with E-state index < -0.39 is 0 Å². The number of carbonyl (C=O) groups is 1. The number of hydrogen-bond donors (Lipinski definition) is 2. The van der Waals surface area contributed by atoms with Crippen LogP contribution in [0.15, 0.2) is 60.8 Å². The molecule has 7 nitrogen and oxygen atoms in total. The maximum Gasteiger partial charge on any atom is 0.274 e. The summed E-state index contributed by atoms with van der Waals surface area (Å²) in [6.45, 7) is 3.86. The van der Waals surface area contributed by atoms with Crippen molar-refractivity contribution in [2.45, 2.75) is 20.0 Å². The molecule has 1 amide bonds. The number of nitrogens with zero attached hydrogens (tertiary/aromatic N) is 2. The van der Waals surface area contributed by atoms with Gasteiger partial charge in [-0.3, -0.25) is 4.79 Å². The van der Waals surface area contributed by atoms with Crippen LogP contribution in [0.1, 0.15) is 24.3 Å². The Hall–Kier alpha value is -3.61. The van der Waals surface area contributed by atoms with Crippen LogP contribution in [-0.4, -0.2) is 29.1 Å². The molecule has 2 aromatic carbocycles. The lowest BCUT2D eigenvalue weighted by Gasteiger charge is -2.14. The van der Waals surface area contributed by atoms with E-state index in [2.05, 4.69) is 20.6 Å². The Balaban J connectivity index is 1.76. The van der Waals surface area contributed by atoms with E-state index in [1.807, 2.05) is 56.3 Å². The Labute approximate surface area is 163 Å². The van der Waals surface area contributed by atoms with E-state index in [1.54, 1.807) is 19.2 Å². The molecule has 0 spiro atoms. The minimum Gasteiger partial charge on any atom is -0.497 e. The molecule has 3 aromatic rings. The van der Waals surface area contributed by atoms with Crippen LogP contribution in [0.4, 0.5) is 17.3 Å². The molecule has 144 valence electrons. The smallest absolute Gasteiger partial charge is 0.274 e. The standard InChI is InChI=1S/C21H22N4O3/c1-14(2)28-19-10-5-4-9-17(19)24-20(26)18-11-12-22-21(25-18)23-15-7-6-8-16(13-15)27-3/h4-14H,1-3H3,(H,24,26)(H,22,23,25). The summed E-state index contributed by atoms with van der Waals surface area (Å²) in [5.41, 5.74) is 1.58. The van der Waals surface area contributed by atoms with Gasteiger partial charge >= 0.3 is 0 Å². The number of aromatic nitrogens is 2. The van der Waals surface area contributed by atoms with Crippen molar-refractivity contribution in [3.63, 3.8) is 0 Å². The van der Waals surface area contributed by atoms with Gasteiger partial charge in [0.15, 0.2) is 0 Å². The monoisotopic (exact) mass is 378 g/mol. The molecule has 1 aromatic heterocycles. The first-order valence-electron chi connectivity index (χ1n) is 8.86. The molecule has 0 saturated carbocycles. The average Bonchev–Trinajstić information content (AvgIpc) is 2.69. The molecule has 0 fully saturated rings. The molecule has 0 aliphatic heterocycles. The number of para-hydroxylation sites is 2. The van der Waals surface area contributed by atoms with E-state index in [0.29, 0.717) is 23.1 Å². The fraction of sp³-hybridized carbons (Fsp3) is 0.190. The van der Waals surface area contributed by atoms with Crippen molar-refractivity contribution in [1.29, 1.82) is 0 Å². The van der Waals surface area contributed by atoms with Crippen molar-refractivity contribution >= 4 is 23.2 Å². The van der Waals surface area contributed by atoms with Crippen LogP contribution in [0.25, 0.3) is 0 Å². The van der Waals surface area contributed by atoms with Gasteiger partial charge in [-0.15, -0.1) is 0 Å². The highest BCUT2D eigenvalue weighted by Crippen LogP contribution is 2.25. The molecule has 0 bridgehead atoms. The number of methoxy groups -OCH3 is 1. The van der Waals surface area contributed by atoms with Gasteiger partial charge < -0.3 is 20.1 Å². The molecule has 0 aliphatic carbocycles. The zero-order valence-electron chi connectivity index (χ0n) is 16.0. The molecule has 0 atom stereocenters. The lowest BCUT2D eigenvalue weighted by molar-refractivity contribution is 0.102. The number of nitrogens with one attached hydrogen (secondary N) is 2. The molecular weight excluding hydrogens is 356 g/mol. The predicted molar refractivity (Wildman–Crippen MR) is 108 cm³/mol. The van der Waals surface area contributed by atoms with Crippen molar-refractivity contribution < 1.29 is 14.3 Å². The number of hydrogen-bond acceptors (Lipinski definition) is 6. The summed E-state index contributed by atoms with van der Waals surface area (Å²) < 4.78 is 10.9. The largest absolute Gasteiger partial charge is 0.497 e. The van der Waals surface area contributed by atoms with Crippen LogP contribution in [0.5, 0.6) is 11.5 Å². The SMILES string of the molecule is COc1cccc(Nc2nccc(C(=O)Nc3ccccc3OC(C)C)n2)c1. The normalized spacial score (nSPS) is 10.4. The van der Waals surface area contributed by atoms with Gasteiger partial charge in [0.2, 0.25) is 5.95 Å². The summed E-state index contributed by atoms with van der Waals surface area (Å²) in [5, 5.41) is 5.91. The number of anilines is 3. The fourth-order valence-corrected chi connectivity index (χ4v) is 2.49. The molecule has 7 heteroatoms. The van der Waals surface area contributed by atoms with Crippen LogP contribution in [0, 0.1) is 0 Å². The Morgan fingerprint density at radius 3 is 2.68 bits per heavy atom. The Morgan fingerprint density at radius 1 is 1.07 bits per heavy atom. The Bertz CT molecular complexity index is 960. The first kappa shape index (κ1) is 19.2. The van der Waals surface area contributed by atoms with Gasteiger partial charge in [0.1, 0.15) is 17.2 Å². The highest BCUT2D eigenvalue weighted by atomic mass is 16.5. The van der Waals surface area contributed by atoms with Gasteiger partial charge in [-0.2, -0.15) is 0 Å². The quantitative estimate of drug-likeness (QED) is 0.639. The van der Waals surface area contributed by atoms with Crippen molar-refractivity contribution in [2.24, 2.45) is 0 Å². The van der Waals surface area contributed by atoms with Gasteiger partial charge in [0, 0.05) is 18.0 Å². The summed E-state index contributed by atoms with van der Waals surface area (Å²) in [4.78, 5) is 21.1. The minimum atomic E-state index is -0.351. The molecular formula is C21H22N4O3. The molecule has 0 aliphatic rings. The number of benzene rings is 2. The first-order valence-corrected chi connectivity index (χ1v) is 8.86. The second-order valence-electron chi connectivity index (χ2n) is 6.24. The van der Waals surface area contributed by atoms with E-state index in [9.17, 15) is 4.79 Å². The number of ether oxygens (including phenoxy) is 2. The van der Waals surface area contributed by atoms with Crippen molar-refractivity contribution in [1.82, 2.24) is 9.97 Å². The topological polar surface area (TPSA) is 85.4 Å². The zero-order chi connectivity index (χ0) is 19.9. The van der Waals surface area contributed by atoms with E-state index in [0.717, 1.165) is 5.69 Å². The summed E-state index contributed by atoms with van der Waals surface area (Å²) in [6.07, 6.45) is 1.52. The van der Waals surface area contributed by atoms with Gasteiger partial charge in [-0.1, -0.05) is 18.2 Å². The van der Waals surface area contributed by atoms with Gasteiger partial charge in [-0.05, 0) is 44.2 Å². The van der Waals surface area contributed by atoms with Gasteiger partial charge in [0.25, 0.3) is 5.91 Å². The molecule has 2 N–H and O–H groups in total. The van der Waals surface area contributed by atoms with Crippen LogP contribution in [0.3, 0.4) is 0 Å². The van der Waals surface area contributed by atoms with Crippen molar-refractivity contribution in [3.8, 4) is 11.5 Å². The zero-order valence-corrected chi connectivity index (χ0v) is 16.0. The third kappa shape index (κ3) is 4.97. The van der Waals surface area contributed by atoms with Crippen LogP contribution >= 0.6 is 0 Å². The van der Waals surface area contributed by atoms with Gasteiger partial charge in [0.05, 0.1) is 18.9 Å². The van der Waals surface area contributed by atoms with E-state index in [4.69, 9.17) is 9.47 Å². The Morgan fingerprint density at radius 2 is 1.89 bits per heavy atom. The maximum atomic E-state index is 12.7. The highest BCUT2D eigenvalue weighted by molar-refractivity contribution is 6.03. The molecule has 0 radical (unpaired) electrons. The molecule has 3 rings (SSSR count). The third-order valence-electron chi connectivity index (χ3n) is 3.71. The fourth-order valence-electron chi connectivity index (χ4n) is 2.49. The molecule has 1 heterocycles. The lowest BCUT2D eigenvalue weighted by atomic mass is 10.2. The van der Waals surface area contributed by atoms with Crippen molar-refractivity contribution in [3.05, 3.63) is 66.5 Å². The summed E-state index contributed by atoms with van der Waals surface area (Å²) in [6, 6.07) is 16.2. The van der Waals surface area contributed by atoms with E-state index >= 15 is 0 Å². The number of amides is 1. The second kappa shape index (κ2) is 8.85. The molecule has 0 unspecified atom stereocenters. The molecule has 28 heavy (non-hydrogen) atoms. The summed E-state index contributed by atoms with van der Waals surface area (Å²) in [5.74, 6) is 1.28. The third-order valence-corrected chi connectivity index (χ3v) is 3.71.